The van der Waals surface area contributed by atoms with Crippen molar-refractivity contribution in [2.45, 2.75) is 13.5 Å². The van der Waals surface area contributed by atoms with Crippen molar-refractivity contribution in [3.05, 3.63) is 70.1 Å². The van der Waals surface area contributed by atoms with Crippen molar-refractivity contribution in [3.63, 3.8) is 0 Å². The molecule has 2 heterocycles. The highest BCUT2D eigenvalue weighted by molar-refractivity contribution is 5.80. The number of piperazine rings is 1. The Bertz CT molecular complexity index is 1000. The zero-order valence-corrected chi connectivity index (χ0v) is 15.8. The summed E-state index contributed by atoms with van der Waals surface area (Å²) in [6, 6.07) is 15.7. The highest BCUT2D eigenvalue weighted by atomic mass is 16.5. The van der Waals surface area contributed by atoms with Crippen LogP contribution in [0, 0.1) is 6.92 Å². The summed E-state index contributed by atoms with van der Waals surface area (Å²) in [6.07, 6.45) is 0. The normalized spacial score (nSPS) is 15.3. The molecule has 27 heavy (non-hydrogen) atoms. The molecular weight excluding hydrogens is 340 g/mol. The zero-order chi connectivity index (χ0) is 18.8. The Balaban J connectivity index is 1.51. The molecule has 0 saturated carbocycles. The van der Waals surface area contributed by atoms with E-state index in [2.05, 4.69) is 28.9 Å². The van der Waals surface area contributed by atoms with E-state index in [9.17, 15) is 4.79 Å². The molecule has 0 spiro atoms. The number of aryl methyl sites for hydroxylation is 1. The molecule has 0 amide bonds. The molecule has 5 heteroatoms. The van der Waals surface area contributed by atoms with Gasteiger partial charge in [-0.3, -0.25) is 4.90 Å². The van der Waals surface area contributed by atoms with Gasteiger partial charge >= 0.3 is 5.63 Å². The number of hydrogen-bond donors (Lipinski definition) is 0. The number of para-hydroxylation sites is 2. The Morgan fingerprint density at radius 3 is 2.59 bits per heavy atom. The minimum atomic E-state index is -0.283. The average molecular weight is 364 g/mol. The van der Waals surface area contributed by atoms with E-state index >= 15 is 0 Å². The van der Waals surface area contributed by atoms with Crippen LogP contribution in [0.25, 0.3) is 11.0 Å². The Kier molecular flexibility index (Phi) is 4.86. The molecule has 140 valence electrons. The van der Waals surface area contributed by atoms with Gasteiger partial charge in [-0.2, -0.15) is 0 Å². The third-order valence-electron chi connectivity index (χ3n) is 5.18. The summed E-state index contributed by atoms with van der Waals surface area (Å²) < 4.78 is 10.8. The molecule has 1 aromatic heterocycles. The first-order valence-electron chi connectivity index (χ1n) is 9.28. The molecular formula is C22H24N2O3. The van der Waals surface area contributed by atoms with E-state index < -0.39 is 0 Å². The maximum atomic E-state index is 11.9. The second-order valence-corrected chi connectivity index (χ2v) is 7.03. The Morgan fingerprint density at radius 2 is 1.81 bits per heavy atom. The predicted octanol–water partition coefficient (Wildman–Crippen LogP) is 3.43. The van der Waals surface area contributed by atoms with E-state index in [1.54, 1.807) is 13.2 Å². The first kappa shape index (κ1) is 17.6. The van der Waals surface area contributed by atoms with E-state index in [0.717, 1.165) is 55.1 Å². The summed E-state index contributed by atoms with van der Waals surface area (Å²) >= 11 is 0. The average Bonchev–Trinajstić information content (AvgIpc) is 2.69. The lowest BCUT2D eigenvalue weighted by atomic mass is 10.1. The molecule has 1 fully saturated rings. The molecule has 1 saturated heterocycles. The topological polar surface area (TPSA) is 45.9 Å². The van der Waals surface area contributed by atoms with Crippen LogP contribution in [0.1, 0.15) is 11.1 Å². The molecule has 0 radical (unpaired) electrons. The number of rotatable bonds is 4. The van der Waals surface area contributed by atoms with Crippen molar-refractivity contribution in [1.29, 1.82) is 0 Å². The standard InChI is InChI=1S/C22H24N2O3/c1-16-7-8-20-18(13-16)17(14-22(25)27-20)15-23-9-11-24(12-10-23)19-5-3-4-6-21(19)26-2/h3-8,13-14H,9-12,15H2,1-2H3. The molecule has 0 N–H and O–H groups in total. The second-order valence-electron chi connectivity index (χ2n) is 7.03. The Hall–Kier alpha value is -2.79. The number of hydrogen-bond acceptors (Lipinski definition) is 5. The molecule has 0 bridgehead atoms. The van der Waals surface area contributed by atoms with Crippen LogP contribution in [0.5, 0.6) is 5.75 Å². The lowest BCUT2D eigenvalue weighted by Gasteiger charge is -2.36. The number of methoxy groups -OCH3 is 1. The van der Waals surface area contributed by atoms with Crippen LogP contribution >= 0.6 is 0 Å². The van der Waals surface area contributed by atoms with Gasteiger partial charge in [0.05, 0.1) is 12.8 Å². The third-order valence-corrected chi connectivity index (χ3v) is 5.18. The lowest BCUT2D eigenvalue weighted by molar-refractivity contribution is 0.249. The second kappa shape index (κ2) is 7.45. The van der Waals surface area contributed by atoms with Crippen LogP contribution in [0.3, 0.4) is 0 Å². The third kappa shape index (κ3) is 3.69. The highest BCUT2D eigenvalue weighted by Gasteiger charge is 2.20. The van der Waals surface area contributed by atoms with E-state index in [0.29, 0.717) is 5.58 Å². The predicted molar refractivity (Wildman–Crippen MR) is 108 cm³/mol. The highest BCUT2D eigenvalue weighted by Crippen LogP contribution is 2.29. The summed E-state index contributed by atoms with van der Waals surface area (Å²) in [5.74, 6) is 0.910. The minimum Gasteiger partial charge on any atom is -0.495 e. The Labute approximate surface area is 158 Å². The smallest absolute Gasteiger partial charge is 0.336 e. The quantitative estimate of drug-likeness (QED) is 0.664. The van der Waals surface area contributed by atoms with Crippen LogP contribution in [0.4, 0.5) is 5.69 Å². The van der Waals surface area contributed by atoms with Crippen molar-refractivity contribution in [2.24, 2.45) is 0 Å². The maximum absolute atomic E-state index is 11.9. The number of ether oxygens (including phenoxy) is 1. The summed E-state index contributed by atoms with van der Waals surface area (Å²) in [5, 5.41) is 1.03. The largest absolute Gasteiger partial charge is 0.495 e. The van der Waals surface area contributed by atoms with E-state index in [1.165, 1.54) is 5.56 Å². The van der Waals surface area contributed by atoms with Gasteiger partial charge in [0.25, 0.3) is 0 Å². The van der Waals surface area contributed by atoms with Gasteiger partial charge in [0, 0.05) is 44.2 Å². The summed E-state index contributed by atoms with van der Waals surface area (Å²) in [6.45, 7) is 6.54. The first-order valence-corrected chi connectivity index (χ1v) is 9.28. The molecule has 1 aliphatic heterocycles. The van der Waals surface area contributed by atoms with Gasteiger partial charge in [0.2, 0.25) is 0 Å². The van der Waals surface area contributed by atoms with Gasteiger partial charge in [0.15, 0.2) is 0 Å². The Morgan fingerprint density at radius 1 is 1.04 bits per heavy atom. The first-order chi connectivity index (χ1) is 13.1. The van der Waals surface area contributed by atoms with Crippen LogP contribution < -0.4 is 15.3 Å². The van der Waals surface area contributed by atoms with Crippen molar-refractivity contribution < 1.29 is 9.15 Å². The number of benzene rings is 2. The van der Waals surface area contributed by atoms with E-state index in [4.69, 9.17) is 9.15 Å². The SMILES string of the molecule is COc1ccccc1N1CCN(Cc2cc(=O)oc3ccc(C)cc23)CC1. The summed E-state index contributed by atoms with van der Waals surface area (Å²) in [7, 11) is 1.71. The van der Waals surface area contributed by atoms with Gasteiger partial charge < -0.3 is 14.1 Å². The van der Waals surface area contributed by atoms with Crippen LogP contribution in [-0.4, -0.2) is 38.2 Å². The van der Waals surface area contributed by atoms with Gasteiger partial charge in [-0.1, -0.05) is 23.8 Å². The number of nitrogens with zero attached hydrogens (tertiary/aromatic N) is 2. The fourth-order valence-electron chi connectivity index (χ4n) is 3.75. The molecule has 2 aromatic carbocycles. The van der Waals surface area contributed by atoms with Gasteiger partial charge in [-0.25, -0.2) is 4.79 Å². The fraction of sp³-hybridized carbons (Fsp3) is 0.318. The molecule has 0 unspecified atom stereocenters. The zero-order valence-electron chi connectivity index (χ0n) is 15.8. The van der Waals surface area contributed by atoms with Crippen molar-refractivity contribution >= 4 is 16.7 Å². The van der Waals surface area contributed by atoms with Crippen molar-refractivity contribution in [1.82, 2.24) is 4.90 Å². The van der Waals surface area contributed by atoms with Crippen LogP contribution in [-0.2, 0) is 6.54 Å². The van der Waals surface area contributed by atoms with Crippen molar-refractivity contribution in [3.8, 4) is 5.75 Å². The summed E-state index contributed by atoms with van der Waals surface area (Å²) in [5.41, 5.74) is 3.72. The molecule has 0 aliphatic carbocycles. The summed E-state index contributed by atoms with van der Waals surface area (Å²) in [4.78, 5) is 16.7. The van der Waals surface area contributed by atoms with Crippen molar-refractivity contribution in [2.75, 3.05) is 38.2 Å². The fourth-order valence-corrected chi connectivity index (χ4v) is 3.75. The van der Waals surface area contributed by atoms with E-state index in [-0.39, 0.29) is 5.63 Å². The maximum Gasteiger partial charge on any atom is 0.336 e. The van der Waals surface area contributed by atoms with Gasteiger partial charge in [0.1, 0.15) is 11.3 Å². The molecule has 0 atom stereocenters. The van der Waals surface area contributed by atoms with Gasteiger partial charge in [-0.15, -0.1) is 0 Å². The van der Waals surface area contributed by atoms with Crippen LogP contribution in [0.2, 0.25) is 0 Å². The number of fused-ring (bicyclic) bond motifs is 1. The minimum absolute atomic E-state index is 0.283. The molecule has 1 aliphatic rings. The van der Waals surface area contributed by atoms with Gasteiger partial charge in [-0.05, 0) is 36.8 Å². The molecule has 4 rings (SSSR count). The number of anilines is 1. The van der Waals surface area contributed by atoms with Crippen LogP contribution in [0.15, 0.2) is 57.7 Å². The monoisotopic (exact) mass is 364 g/mol. The molecule has 5 nitrogen and oxygen atoms in total. The molecule has 3 aromatic rings. The van der Waals surface area contributed by atoms with E-state index in [1.807, 2.05) is 30.3 Å². The lowest BCUT2D eigenvalue weighted by Crippen LogP contribution is -2.46.